The standard InChI is InChI=1S/C14H21BrN2O2S/c1-5-6-10(9-14(2,3)20(16)18)11-7-8-12(15)17-13(11)19-4/h5,7-8,10H,1,6,9,16H2,2-4H3/t10-,20?/m0/s1. The van der Waals surface area contributed by atoms with E-state index >= 15 is 0 Å². The van der Waals surface area contributed by atoms with Crippen molar-refractivity contribution in [2.24, 2.45) is 5.14 Å². The van der Waals surface area contributed by atoms with Crippen molar-refractivity contribution >= 4 is 26.9 Å². The Morgan fingerprint density at radius 2 is 2.25 bits per heavy atom. The second-order valence-corrected chi connectivity index (χ2v) is 7.73. The Kier molecular flexibility index (Phi) is 6.36. The molecule has 1 aromatic heterocycles. The van der Waals surface area contributed by atoms with Gasteiger partial charge in [-0.3, -0.25) is 5.14 Å². The first-order valence-corrected chi connectivity index (χ1v) is 8.30. The van der Waals surface area contributed by atoms with Gasteiger partial charge in [-0.1, -0.05) is 12.1 Å². The lowest BCUT2D eigenvalue weighted by atomic mass is 9.88. The molecule has 1 aromatic rings. The minimum atomic E-state index is -1.39. The van der Waals surface area contributed by atoms with Crippen molar-refractivity contribution in [2.45, 2.75) is 37.4 Å². The van der Waals surface area contributed by atoms with E-state index in [1.165, 1.54) is 0 Å². The second kappa shape index (κ2) is 7.33. The smallest absolute Gasteiger partial charge is 0.217 e. The molecule has 0 radical (unpaired) electrons. The van der Waals surface area contributed by atoms with Gasteiger partial charge in [0.2, 0.25) is 5.88 Å². The minimum Gasteiger partial charge on any atom is -0.481 e. The third-order valence-corrected chi connectivity index (χ3v) is 4.92. The summed E-state index contributed by atoms with van der Waals surface area (Å²) in [6.45, 7) is 7.60. The van der Waals surface area contributed by atoms with Crippen LogP contribution in [0, 0.1) is 0 Å². The van der Waals surface area contributed by atoms with E-state index in [-0.39, 0.29) is 5.92 Å². The van der Waals surface area contributed by atoms with Gasteiger partial charge in [0.15, 0.2) is 0 Å². The molecule has 2 atom stereocenters. The molecule has 0 amide bonds. The number of rotatable bonds is 7. The highest BCUT2D eigenvalue weighted by molar-refractivity contribution is 9.10. The lowest BCUT2D eigenvalue weighted by Crippen LogP contribution is -2.33. The maximum Gasteiger partial charge on any atom is 0.217 e. The predicted octanol–water partition coefficient (Wildman–Crippen LogP) is 3.30. The van der Waals surface area contributed by atoms with E-state index in [0.717, 1.165) is 16.6 Å². The number of nitrogens with zero attached hydrogens (tertiary/aromatic N) is 1. The topological polar surface area (TPSA) is 65.2 Å². The van der Waals surface area contributed by atoms with E-state index in [9.17, 15) is 4.21 Å². The van der Waals surface area contributed by atoms with Gasteiger partial charge in [0.05, 0.1) is 22.8 Å². The molecule has 0 fully saturated rings. The van der Waals surface area contributed by atoms with Crippen LogP contribution in [0.25, 0.3) is 0 Å². The maximum absolute atomic E-state index is 11.7. The molecule has 112 valence electrons. The maximum atomic E-state index is 11.7. The average Bonchev–Trinajstić information content (AvgIpc) is 2.37. The fourth-order valence-electron chi connectivity index (χ4n) is 2.10. The Labute approximate surface area is 131 Å². The molecule has 0 aliphatic heterocycles. The summed E-state index contributed by atoms with van der Waals surface area (Å²) in [7, 11) is 0.201. The summed E-state index contributed by atoms with van der Waals surface area (Å²) in [4.78, 5) is 4.32. The van der Waals surface area contributed by atoms with Crippen LogP contribution < -0.4 is 9.88 Å². The Bertz CT molecular complexity index is 506. The molecule has 4 nitrogen and oxygen atoms in total. The zero-order valence-electron chi connectivity index (χ0n) is 12.1. The largest absolute Gasteiger partial charge is 0.481 e. The van der Waals surface area contributed by atoms with Crippen molar-refractivity contribution in [3.63, 3.8) is 0 Å². The summed E-state index contributed by atoms with van der Waals surface area (Å²) in [5.41, 5.74) is 0.981. The van der Waals surface area contributed by atoms with Crippen molar-refractivity contribution in [1.82, 2.24) is 4.98 Å². The zero-order chi connectivity index (χ0) is 15.3. The number of ether oxygens (including phenoxy) is 1. The second-order valence-electron chi connectivity index (χ2n) is 5.22. The highest BCUT2D eigenvalue weighted by Crippen LogP contribution is 2.36. The number of nitrogens with two attached hydrogens (primary N) is 1. The third kappa shape index (κ3) is 4.40. The van der Waals surface area contributed by atoms with E-state index < -0.39 is 15.7 Å². The summed E-state index contributed by atoms with van der Waals surface area (Å²) in [5.74, 6) is 0.690. The number of methoxy groups -OCH3 is 1. The molecule has 1 unspecified atom stereocenters. The molecule has 1 rings (SSSR count). The fourth-order valence-corrected chi connectivity index (χ4v) is 2.76. The SMILES string of the molecule is C=CC[C@@H](CC(C)(C)S(N)=O)c1ccc(Br)nc1OC. The quantitative estimate of drug-likeness (QED) is 0.599. The summed E-state index contributed by atoms with van der Waals surface area (Å²) >= 11 is 3.33. The van der Waals surface area contributed by atoms with Gasteiger partial charge in [0.1, 0.15) is 4.60 Å². The lowest BCUT2D eigenvalue weighted by molar-refractivity contribution is 0.383. The van der Waals surface area contributed by atoms with E-state index in [4.69, 9.17) is 9.88 Å². The first kappa shape index (κ1) is 17.3. The Morgan fingerprint density at radius 3 is 2.75 bits per heavy atom. The molecule has 0 spiro atoms. The zero-order valence-corrected chi connectivity index (χ0v) is 14.5. The summed E-state index contributed by atoms with van der Waals surface area (Å²) in [6, 6.07) is 3.85. The minimum absolute atomic E-state index is 0.116. The first-order chi connectivity index (χ1) is 9.31. The number of hydrogen-bond donors (Lipinski definition) is 1. The van der Waals surface area contributed by atoms with Gasteiger partial charge in [-0.15, -0.1) is 6.58 Å². The van der Waals surface area contributed by atoms with Gasteiger partial charge in [0.25, 0.3) is 0 Å². The molecule has 6 heteroatoms. The van der Waals surface area contributed by atoms with Gasteiger partial charge >= 0.3 is 0 Å². The Hall–Kier alpha value is -0.720. The number of pyridine rings is 1. The summed E-state index contributed by atoms with van der Waals surface area (Å²) in [5, 5.41) is 5.58. The highest BCUT2D eigenvalue weighted by atomic mass is 79.9. The van der Waals surface area contributed by atoms with Crippen LogP contribution in [-0.2, 0) is 11.0 Å². The number of hydrogen-bond acceptors (Lipinski definition) is 3. The van der Waals surface area contributed by atoms with Gasteiger partial charge in [-0.25, -0.2) is 9.19 Å². The van der Waals surface area contributed by atoms with Gasteiger partial charge in [0, 0.05) is 5.56 Å². The molecule has 0 aromatic carbocycles. The monoisotopic (exact) mass is 360 g/mol. The van der Waals surface area contributed by atoms with Crippen LogP contribution in [0.1, 0.15) is 38.2 Å². The molecular weight excluding hydrogens is 340 g/mol. The molecule has 0 aliphatic rings. The fraction of sp³-hybridized carbons (Fsp3) is 0.500. The van der Waals surface area contributed by atoms with Crippen LogP contribution in [-0.4, -0.2) is 21.0 Å². The molecule has 2 N–H and O–H groups in total. The van der Waals surface area contributed by atoms with Crippen molar-refractivity contribution < 1.29 is 8.95 Å². The van der Waals surface area contributed by atoms with E-state index in [1.807, 2.05) is 32.1 Å². The lowest BCUT2D eigenvalue weighted by Gasteiger charge is -2.27. The highest BCUT2D eigenvalue weighted by Gasteiger charge is 2.29. The van der Waals surface area contributed by atoms with Crippen molar-refractivity contribution in [1.29, 1.82) is 0 Å². The van der Waals surface area contributed by atoms with Crippen LogP contribution in [0.2, 0.25) is 0 Å². The van der Waals surface area contributed by atoms with Crippen LogP contribution in [0.5, 0.6) is 5.88 Å². The molecule has 0 aliphatic carbocycles. The Balaban J connectivity index is 3.14. The van der Waals surface area contributed by atoms with Gasteiger partial charge < -0.3 is 4.74 Å². The molecular formula is C14H21BrN2O2S. The molecule has 20 heavy (non-hydrogen) atoms. The molecule has 0 saturated carbocycles. The predicted molar refractivity (Wildman–Crippen MR) is 87.1 cm³/mol. The van der Waals surface area contributed by atoms with Crippen molar-refractivity contribution in [2.75, 3.05) is 7.11 Å². The summed E-state index contributed by atoms with van der Waals surface area (Å²) < 4.78 is 17.2. The van der Waals surface area contributed by atoms with E-state index in [2.05, 4.69) is 27.5 Å². The van der Waals surface area contributed by atoms with Crippen LogP contribution in [0.3, 0.4) is 0 Å². The van der Waals surface area contributed by atoms with Gasteiger partial charge in [-0.2, -0.15) is 0 Å². The number of aromatic nitrogens is 1. The number of allylic oxidation sites excluding steroid dienone is 1. The number of halogens is 1. The molecule has 0 saturated heterocycles. The molecule has 1 heterocycles. The first-order valence-electron chi connectivity index (χ1n) is 6.29. The normalized spacial score (nSPS) is 14.7. The van der Waals surface area contributed by atoms with Gasteiger partial charge in [-0.05, 0) is 54.6 Å². The summed E-state index contributed by atoms with van der Waals surface area (Å²) in [6.07, 6.45) is 3.27. The van der Waals surface area contributed by atoms with Crippen molar-refractivity contribution in [3.05, 3.63) is 35.0 Å². The van der Waals surface area contributed by atoms with Crippen LogP contribution >= 0.6 is 15.9 Å². The average molecular weight is 361 g/mol. The third-order valence-electron chi connectivity index (χ3n) is 3.22. The Morgan fingerprint density at radius 1 is 1.60 bits per heavy atom. The van der Waals surface area contributed by atoms with E-state index in [1.54, 1.807) is 7.11 Å². The van der Waals surface area contributed by atoms with Crippen molar-refractivity contribution in [3.8, 4) is 5.88 Å². The molecule has 0 bridgehead atoms. The van der Waals surface area contributed by atoms with Crippen LogP contribution in [0.15, 0.2) is 29.4 Å². The van der Waals surface area contributed by atoms with Crippen LogP contribution in [0.4, 0.5) is 0 Å². The van der Waals surface area contributed by atoms with E-state index in [0.29, 0.717) is 12.3 Å².